The SMILES string of the molecule is O=C(Nc1ccccc1-c1ccccc1)c1ccc(CN2CCCC2)cc1. The van der Waals surface area contributed by atoms with Crippen molar-refractivity contribution in [1.82, 2.24) is 4.90 Å². The van der Waals surface area contributed by atoms with Crippen molar-refractivity contribution >= 4 is 11.6 Å². The Labute approximate surface area is 160 Å². The maximum absolute atomic E-state index is 12.7. The zero-order valence-corrected chi connectivity index (χ0v) is 15.4. The lowest BCUT2D eigenvalue weighted by Gasteiger charge is -2.15. The summed E-state index contributed by atoms with van der Waals surface area (Å²) in [6, 6.07) is 26.0. The van der Waals surface area contributed by atoms with E-state index < -0.39 is 0 Å². The summed E-state index contributed by atoms with van der Waals surface area (Å²) < 4.78 is 0. The summed E-state index contributed by atoms with van der Waals surface area (Å²) in [4.78, 5) is 15.2. The smallest absolute Gasteiger partial charge is 0.255 e. The van der Waals surface area contributed by atoms with Crippen LogP contribution >= 0.6 is 0 Å². The molecule has 0 aliphatic carbocycles. The molecule has 3 aromatic carbocycles. The molecule has 1 aliphatic rings. The van der Waals surface area contributed by atoms with Gasteiger partial charge >= 0.3 is 0 Å². The van der Waals surface area contributed by atoms with Crippen LogP contribution in [-0.2, 0) is 6.54 Å². The third-order valence-electron chi connectivity index (χ3n) is 5.08. The third kappa shape index (κ3) is 4.26. The quantitative estimate of drug-likeness (QED) is 0.681. The number of likely N-dealkylation sites (tertiary alicyclic amines) is 1. The molecule has 4 rings (SSSR count). The Morgan fingerprint density at radius 2 is 1.48 bits per heavy atom. The summed E-state index contributed by atoms with van der Waals surface area (Å²) >= 11 is 0. The lowest BCUT2D eigenvalue weighted by molar-refractivity contribution is 0.102. The van der Waals surface area contributed by atoms with Crippen molar-refractivity contribution in [1.29, 1.82) is 0 Å². The number of amides is 1. The molecular formula is C24H24N2O. The number of para-hydroxylation sites is 1. The Hall–Kier alpha value is -2.91. The van der Waals surface area contributed by atoms with Gasteiger partial charge in [0.25, 0.3) is 5.91 Å². The summed E-state index contributed by atoms with van der Waals surface area (Å²) in [6.45, 7) is 3.33. The fourth-order valence-electron chi connectivity index (χ4n) is 3.62. The van der Waals surface area contributed by atoms with Gasteiger partial charge < -0.3 is 5.32 Å². The highest BCUT2D eigenvalue weighted by molar-refractivity contribution is 6.06. The first-order valence-electron chi connectivity index (χ1n) is 9.57. The molecule has 1 saturated heterocycles. The van der Waals surface area contributed by atoms with Gasteiger partial charge in [-0.2, -0.15) is 0 Å². The first-order chi connectivity index (χ1) is 13.3. The van der Waals surface area contributed by atoms with Gasteiger partial charge in [0, 0.05) is 23.4 Å². The average Bonchev–Trinajstić information content (AvgIpc) is 3.23. The molecular weight excluding hydrogens is 332 g/mol. The van der Waals surface area contributed by atoms with Gasteiger partial charge in [-0.25, -0.2) is 0 Å². The number of carbonyl (C=O) groups excluding carboxylic acids is 1. The van der Waals surface area contributed by atoms with E-state index in [0.717, 1.165) is 23.4 Å². The number of anilines is 1. The Bertz CT molecular complexity index is 897. The van der Waals surface area contributed by atoms with Gasteiger partial charge in [-0.15, -0.1) is 0 Å². The van der Waals surface area contributed by atoms with E-state index in [0.29, 0.717) is 5.56 Å². The molecule has 0 saturated carbocycles. The molecule has 3 heteroatoms. The van der Waals surface area contributed by atoms with Gasteiger partial charge in [0.1, 0.15) is 0 Å². The van der Waals surface area contributed by atoms with Crippen LogP contribution in [0.3, 0.4) is 0 Å². The number of rotatable bonds is 5. The second-order valence-electron chi connectivity index (χ2n) is 7.05. The molecule has 27 heavy (non-hydrogen) atoms. The largest absolute Gasteiger partial charge is 0.321 e. The van der Waals surface area contributed by atoms with Gasteiger partial charge in [0.15, 0.2) is 0 Å². The summed E-state index contributed by atoms with van der Waals surface area (Å²) in [5.41, 5.74) is 4.89. The maximum atomic E-state index is 12.7. The molecule has 0 radical (unpaired) electrons. The van der Waals surface area contributed by atoms with Crippen LogP contribution in [0.5, 0.6) is 0 Å². The van der Waals surface area contributed by atoms with E-state index in [1.54, 1.807) is 0 Å². The van der Waals surface area contributed by atoms with Crippen LogP contribution < -0.4 is 5.32 Å². The molecule has 0 bridgehead atoms. The Balaban J connectivity index is 1.48. The van der Waals surface area contributed by atoms with Crippen LogP contribution in [0.25, 0.3) is 11.1 Å². The molecule has 1 N–H and O–H groups in total. The molecule has 1 heterocycles. The minimum atomic E-state index is -0.0777. The molecule has 0 atom stereocenters. The molecule has 0 spiro atoms. The van der Waals surface area contributed by atoms with Gasteiger partial charge in [-0.1, -0.05) is 60.7 Å². The maximum Gasteiger partial charge on any atom is 0.255 e. The molecule has 1 fully saturated rings. The van der Waals surface area contributed by atoms with Gasteiger partial charge in [-0.3, -0.25) is 9.69 Å². The minimum Gasteiger partial charge on any atom is -0.321 e. The standard InChI is InChI=1S/C24H24N2O/c27-24(21-14-12-19(13-15-21)18-26-16-6-7-17-26)25-23-11-5-4-10-22(23)20-8-2-1-3-9-20/h1-5,8-15H,6-7,16-18H2,(H,25,27). The molecule has 3 aromatic rings. The fourth-order valence-corrected chi connectivity index (χ4v) is 3.62. The number of hydrogen-bond donors (Lipinski definition) is 1. The fraction of sp³-hybridized carbons (Fsp3) is 0.208. The van der Waals surface area contributed by atoms with Crippen LogP contribution in [0.15, 0.2) is 78.9 Å². The predicted octanol–water partition coefficient (Wildman–Crippen LogP) is 5.20. The van der Waals surface area contributed by atoms with E-state index in [4.69, 9.17) is 0 Å². The van der Waals surface area contributed by atoms with E-state index in [1.807, 2.05) is 54.6 Å². The first-order valence-corrected chi connectivity index (χ1v) is 9.57. The van der Waals surface area contributed by atoms with Gasteiger partial charge in [0.2, 0.25) is 0 Å². The first kappa shape index (κ1) is 17.5. The lowest BCUT2D eigenvalue weighted by atomic mass is 10.0. The predicted molar refractivity (Wildman–Crippen MR) is 111 cm³/mol. The van der Waals surface area contributed by atoms with Crippen molar-refractivity contribution in [3.8, 4) is 11.1 Å². The van der Waals surface area contributed by atoms with Crippen molar-refractivity contribution in [3.63, 3.8) is 0 Å². The van der Waals surface area contributed by atoms with Crippen molar-refractivity contribution in [2.75, 3.05) is 18.4 Å². The second kappa shape index (κ2) is 8.19. The zero-order valence-electron chi connectivity index (χ0n) is 15.4. The van der Waals surface area contributed by atoms with Crippen LogP contribution in [-0.4, -0.2) is 23.9 Å². The van der Waals surface area contributed by atoms with E-state index in [-0.39, 0.29) is 5.91 Å². The number of nitrogens with one attached hydrogen (secondary N) is 1. The second-order valence-corrected chi connectivity index (χ2v) is 7.05. The minimum absolute atomic E-state index is 0.0777. The molecule has 0 unspecified atom stereocenters. The number of hydrogen-bond acceptors (Lipinski definition) is 2. The van der Waals surface area contributed by atoms with Crippen LogP contribution in [0.4, 0.5) is 5.69 Å². The van der Waals surface area contributed by atoms with E-state index in [2.05, 4.69) is 34.5 Å². The lowest BCUT2D eigenvalue weighted by Crippen LogP contribution is -2.18. The van der Waals surface area contributed by atoms with E-state index in [1.165, 1.54) is 31.5 Å². The highest BCUT2D eigenvalue weighted by atomic mass is 16.1. The Morgan fingerprint density at radius 1 is 0.815 bits per heavy atom. The summed E-state index contributed by atoms with van der Waals surface area (Å²) in [5, 5.41) is 3.07. The number of benzene rings is 3. The van der Waals surface area contributed by atoms with Crippen molar-refractivity contribution < 1.29 is 4.79 Å². The number of carbonyl (C=O) groups is 1. The van der Waals surface area contributed by atoms with E-state index in [9.17, 15) is 4.79 Å². The third-order valence-corrected chi connectivity index (χ3v) is 5.08. The summed E-state index contributed by atoms with van der Waals surface area (Å²) in [6.07, 6.45) is 2.59. The molecule has 0 aromatic heterocycles. The van der Waals surface area contributed by atoms with E-state index >= 15 is 0 Å². The average molecular weight is 356 g/mol. The zero-order chi connectivity index (χ0) is 18.5. The van der Waals surface area contributed by atoms with Gasteiger partial charge in [0.05, 0.1) is 0 Å². The molecule has 3 nitrogen and oxygen atoms in total. The normalized spacial score (nSPS) is 14.2. The molecule has 1 amide bonds. The van der Waals surface area contributed by atoms with Crippen LogP contribution in [0.1, 0.15) is 28.8 Å². The van der Waals surface area contributed by atoms with Crippen molar-refractivity contribution in [2.24, 2.45) is 0 Å². The monoisotopic (exact) mass is 356 g/mol. The molecule has 1 aliphatic heterocycles. The number of nitrogens with zero attached hydrogens (tertiary/aromatic N) is 1. The molecule has 136 valence electrons. The van der Waals surface area contributed by atoms with Crippen molar-refractivity contribution in [3.05, 3.63) is 90.0 Å². The topological polar surface area (TPSA) is 32.3 Å². The Kier molecular flexibility index (Phi) is 5.31. The highest BCUT2D eigenvalue weighted by Crippen LogP contribution is 2.28. The van der Waals surface area contributed by atoms with Gasteiger partial charge in [-0.05, 0) is 55.3 Å². The summed E-state index contributed by atoms with van der Waals surface area (Å²) in [7, 11) is 0. The highest BCUT2D eigenvalue weighted by Gasteiger charge is 2.13. The van der Waals surface area contributed by atoms with Crippen LogP contribution in [0, 0.1) is 0 Å². The van der Waals surface area contributed by atoms with Crippen LogP contribution in [0.2, 0.25) is 0 Å². The summed E-state index contributed by atoms with van der Waals surface area (Å²) in [5.74, 6) is -0.0777. The van der Waals surface area contributed by atoms with Crippen molar-refractivity contribution in [2.45, 2.75) is 19.4 Å². The Morgan fingerprint density at radius 3 is 2.22 bits per heavy atom.